The molecule has 1 aromatic rings. The number of methoxy groups -OCH3 is 1. The lowest BCUT2D eigenvalue weighted by Crippen LogP contribution is -2.41. The number of nitrogens with one attached hydrogen (secondary N) is 2. The number of pyridine rings is 1. The highest BCUT2D eigenvalue weighted by Gasteiger charge is 2.22. The summed E-state index contributed by atoms with van der Waals surface area (Å²) in [6.45, 7) is 7.09. The van der Waals surface area contributed by atoms with Crippen LogP contribution in [-0.2, 0) is 14.8 Å². The van der Waals surface area contributed by atoms with E-state index in [4.69, 9.17) is 4.74 Å². The second-order valence-electron chi connectivity index (χ2n) is 5.23. The average Bonchev–Trinajstić information content (AvgIpc) is 2.45. The molecule has 1 aromatic heterocycles. The van der Waals surface area contributed by atoms with Crippen molar-refractivity contribution in [1.82, 2.24) is 9.71 Å². The van der Waals surface area contributed by atoms with Gasteiger partial charge in [0.05, 0.1) is 6.61 Å². The van der Waals surface area contributed by atoms with Crippen molar-refractivity contribution in [2.45, 2.75) is 38.1 Å². The van der Waals surface area contributed by atoms with Crippen molar-refractivity contribution >= 4 is 15.8 Å². The van der Waals surface area contributed by atoms with Crippen LogP contribution in [0.15, 0.2) is 23.2 Å². The highest BCUT2D eigenvalue weighted by Crippen LogP contribution is 2.13. The molecule has 7 heteroatoms. The first-order valence-corrected chi connectivity index (χ1v) is 8.60. The Kier molecular flexibility index (Phi) is 7.07. The topological polar surface area (TPSA) is 80.3 Å². The maximum absolute atomic E-state index is 12.3. The third-order valence-electron chi connectivity index (χ3n) is 3.06. The van der Waals surface area contributed by atoms with E-state index in [1.165, 1.54) is 6.20 Å². The van der Waals surface area contributed by atoms with Crippen molar-refractivity contribution in [2.75, 3.05) is 25.6 Å². The lowest BCUT2D eigenvalue weighted by Gasteiger charge is -2.21. The van der Waals surface area contributed by atoms with Crippen molar-refractivity contribution in [3.8, 4) is 0 Å². The minimum Gasteiger partial charge on any atom is -0.383 e. The van der Waals surface area contributed by atoms with Gasteiger partial charge in [-0.05, 0) is 24.5 Å². The summed E-state index contributed by atoms with van der Waals surface area (Å²) in [5.41, 5.74) is 0. The zero-order chi connectivity index (χ0) is 15.9. The van der Waals surface area contributed by atoms with E-state index in [2.05, 4.69) is 21.9 Å². The summed E-state index contributed by atoms with van der Waals surface area (Å²) >= 11 is 0. The molecule has 0 saturated heterocycles. The summed E-state index contributed by atoms with van der Waals surface area (Å²) in [6.07, 6.45) is 2.35. The Morgan fingerprint density at radius 1 is 1.33 bits per heavy atom. The molecule has 0 aliphatic carbocycles. The normalized spacial score (nSPS) is 13.4. The van der Waals surface area contributed by atoms with Crippen molar-refractivity contribution in [3.05, 3.63) is 18.3 Å². The molecular weight excluding hydrogens is 290 g/mol. The van der Waals surface area contributed by atoms with E-state index in [1.807, 2.05) is 13.8 Å². The van der Waals surface area contributed by atoms with Gasteiger partial charge < -0.3 is 10.1 Å². The SMILES string of the molecule is CCCNc1ccc(S(=O)(=O)NC(COC)C(C)C)cn1. The number of nitrogens with zero attached hydrogens (tertiary/aromatic N) is 1. The summed E-state index contributed by atoms with van der Waals surface area (Å²) in [5.74, 6) is 0.811. The molecule has 0 saturated carbocycles. The van der Waals surface area contributed by atoms with Crippen LogP contribution in [0.4, 0.5) is 5.82 Å². The number of aromatic nitrogens is 1. The van der Waals surface area contributed by atoms with Crippen LogP contribution in [0.25, 0.3) is 0 Å². The lowest BCUT2D eigenvalue weighted by atomic mass is 10.1. The Hall–Kier alpha value is -1.18. The standard InChI is InChI=1S/C14H25N3O3S/c1-5-8-15-14-7-6-12(9-16-14)21(18,19)17-13(10-20-4)11(2)3/h6-7,9,11,13,17H,5,8,10H2,1-4H3,(H,15,16). The molecule has 2 N–H and O–H groups in total. The quantitative estimate of drug-likeness (QED) is 0.727. The maximum Gasteiger partial charge on any atom is 0.242 e. The van der Waals surface area contributed by atoms with Gasteiger partial charge in [-0.1, -0.05) is 20.8 Å². The smallest absolute Gasteiger partial charge is 0.242 e. The Balaban J connectivity index is 2.81. The van der Waals surface area contributed by atoms with E-state index in [1.54, 1.807) is 19.2 Å². The van der Waals surface area contributed by atoms with Gasteiger partial charge in [0.15, 0.2) is 0 Å². The number of sulfonamides is 1. The Morgan fingerprint density at radius 3 is 2.52 bits per heavy atom. The van der Waals surface area contributed by atoms with Crippen LogP contribution >= 0.6 is 0 Å². The summed E-state index contributed by atoms with van der Waals surface area (Å²) < 4.78 is 32.4. The van der Waals surface area contributed by atoms with Gasteiger partial charge >= 0.3 is 0 Å². The van der Waals surface area contributed by atoms with Gasteiger partial charge in [-0.3, -0.25) is 0 Å². The number of rotatable bonds is 9. The zero-order valence-electron chi connectivity index (χ0n) is 13.1. The van der Waals surface area contributed by atoms with Crippen LogP contribution in [-0.4, -0.2) is 39.7 Å². The van der Waals surface area contributed by atoms with Crippen molar-refractivity contribution in [3.63, 3.8) is 0 Å². The third kappa shape index (κ3) is 5.61. The highest BCUT2D eigenvalue weighted by atomic mass is 32.2. The van der Waals surface area contributed by atoms with Gasteiger partial charge in [0.2, 0.25) is 10.0 Å². The first-order valence-electron chi connectivity index (χ1n) is 7.12. The van der Waals surface area contributed by atoms with Crippen LogP contribution in [0, 0.1) is 5.92 Å². The summed E-state index contributed by atoms with van der Waals surface area (Å²) in [4.78, 5) is 4.28. The van der Waals surface area contributed by atoms with Gasteiger partial charge in [-0.25, -0.2) is 18.1 Å². The Morgan fingerprint density at radius 2 is 2.05 bits per heavy atom. The fourth-order valence-corrected chi connectivity index (χ4v) is 3.02. The van der Waals surface area contributed by atoms with Gasteiger partial charge in [0, 0.05) is 25.9 Å². The molecule has 0 amide bonds. The molecule has 1 atom stereocenters. The molecule has 0 bridgehead atoms. The number of hydrogen-bond acceptors (Lipinski definition) is 5. The van der Waals surface area contributed by atoms with E-state index in [0.717, 1.165) is 13.0 Å². The van der Waals surface area contributed by atoms with Crippen LogP contribution in [0.3, 0.4) is 0 Å². The van der Waals surface area contributed by atoms with E-state index in [9.17, 15) is 8.42 Å². The number of anilines is 1. The van der Waals surface area contributed by atoms with Crippen LogP contribution < -0.4 is 10.0 Å². The molecule has 0 radical (unpaired) electrons. The van der Waals surface area contributed by atoms with Crippen LogP contribution in [0.5, 0.6) is 0 Å². The highest BCUT2D eigenvalue weighted by molar-refractivity contribution is 7.89. The van der Waals surface area contributed by atoms with Crippen molar-refractivity contribution < 1.29 is 13.2 Å². The molecule has 21 heavy (non-hydrogen) atoms. The van der Waals surface area contributed by atoms with E-state index in [0.29, 0.717) is 12.4 Å². The Bertz CT molecular complexity index is 515. The molecule has 6 nitrogen and oxygen atoms in total. The predicted octanol–water partition coefficient (Wildman–Crippen LogP) is 1.85. The fourth-order valence-electron chi connectivity index (χ4n) is 1.71. The predicted molar refractivity (Wildman–Crippen MR) is 83.8 cm³/mol. The minimum absolute atomic E-state index is 0.137. The van der Waals surface area contributed by atoms with Crippen molar-refractivity contribution in [2.24, 2.45) is 5.92 Å². The molecule has 0 aromatic carbocycles. The minimum atomic E-state index is -3.58. The molecular formula is C14H25N3O3S. The molecule has 0 aliphatic rings. The lowest BCUT2D eigenvalue weighted by molar-refractivity contribution is 0.157. The fraction of sp³-hybridized carbons (Fsp3) is 0.643. The van der Waals surface area contributed by atoms with Crippen LogP contribution in [0.1, 0.15) is 27.2 Å². The van der Waals surface area contributed by atoms with Crippen molar-refractivity contribution in [1.29, 1.82) is 0 Å². The molecule has 0 aliphatic heterocycles. The van der Waals surface area contributed by atoms with E-state index >= 15 is 0 Å². The molecule has 1 unspecified atom stereocenters. The summed E-state index contributed by atoms with van der Waals surface area (Å²) in [6, 6.07) is 2.96. The van der Waals surface area contributed by atoms with Gasteiger partial charge in [0.1, 0.15) is 10.7 Å². The van der Waals surface area contributed by atoms with E-state index < -0.39 is 10.0 Å². The maximum atomic E-state index is 12.3. The number of hydrogen-bond donors (Lipinski definition) is 2. The zero-order valence-corrected chi connectivity index (χ0v) is 13.9. The monoisotopic (exact) mass is 315 g/mol. The first kappa shape index (κ1) is 17.9. The summed E-state index contributed by atoms with van der Waals surface area (Å²) in [7, 11) is -2.03. The van der Waals surface area contributed by atoms with E-state index in [-0.39, 0.29) is 16.9 Å². The van der Waals surface area contributed by atoms with Gasteiger partial charge in [-0.15, -0.1) is 0 Å². The molecule has 0 fully saturated rings. The Labute approximate surface area is 127 Å². The largest absolute Gasteiger partial charge is 0.383 e. The second-order valence-corrected chi connectivity index (χ2v) is 6.95. The van der Waals surface area contributed by atoms with Gasteiger partial charge in [-0.2, -0.15) is 0 Å². The molecule has 0 spiro atoms. The van der Waals surface area contributed by atoms with Gasteiger partial charge in [0.25, 0.3) is 0 Å². The summed E-state index contributed by atoms with van der Waals surface area (Å²) in [5, 5.41) is 3.11. The second kappa shape index (κ2) is 8.31. The third-order valence-corrected chi connectivity index (χ3v) is 4.54. The first-order chi connectivity index (χ1) is 9.90. The average molecular weight is 315 g/mol. The molecule has 1 heterocycles. The number of ether oxygens (including phenoxy) is 1. The molecule has 1 rings (SSSR count). The van der Waals surface area contributed by atoms with Crippen LogP contribution in [0.2, 0.25) is 0 Å². The molecule has 120 valence electrons.